The second-order valence-corrected chi connectivity index (χ2v) is 10.8. The van der Waals surface area contributed by atoms with Gasteiger partial charge in [0.25, 0.3) is 0 Å². The van der Waals surface area contributed by atoms with Crippen LogP contribution in [0.15, 0.2) is 42.5 Å². The van der Waals surface area contributed by atoms with Gasteiger partial charge in [-0.25, -0.2) is 8.42 Å². The molecule has 0 radical (unpaired) electrons. The van der Waals surface area contributed by atoms with Gasteiger partial charge in [-0.3, -0.25) is 13.9 Å². The molecule has 36 heavy (non-hydrogen) atoms. The maximum atomic E-state index is 13.7. The molecule has 2 aromatic carbocycles. The fraction of sp³-hybridized carbons (Fsp3) is 0.462. The van der Waals surface area contributed by atoms with Crippen molar-refractivity contribution in [3.05, 3.63) is 53.6 Å². The Morgan fingerprint density at radius 1 is 1.03 bits per heavy atom. The monoisotopic (exact) mass is 519 g/mol. The quantitative estimate of drug-likeness (QED) is 0.462. The Kier molecular flexibility index (Phi) is 10.2. The standard InChI is InChI=1S/C26H37N3O6S/c1-8-22(26(31)27-18(2)3)28(16-20-11-9-19(4)10-12-20)25(30)17-29(36(7,32)33)23-14-13-21(34-5)15-24(23)35-6/h9-15,18,22H,8,16-17H2,1-7H3,(H,27,31)/t22-/m0/s1. The van der Waals surface area contributed by atoms with Gasteiger partial charge in [-0.15, -0.1) is 0 Å². The summed E-state index contributed by atoms with van der Waals surface area (Å²) in [4.78, 5) is 28.2. The molecule has 0 saturated carbocycles. The highest BCUT2D eigenvalue weighted by atomic mass is 32.2. The summed E-state index contributed by atoms with van der Waals surface area (Å²) in [5.74, 6) is -0.0828. The van der Waals surface area contributed by atoms with Gasteiger partial charge < -0.3 is 19.7 Å². The first-order valence-corrected chi connectivity index (χ1v) is 13.6. The molecule has 0 fully saturated rings. The number of hydrogen-bond acceptors (Lipinski definition) is 6. The molecular weight excluding hydrogens is 482 g/mol. The Bertz CT molecular complexity index is 1150. The zero-order valence-electron chi connectivity index (χ0n) is 22.1. The molecule has 0 aliphatic heterocycles. The molecule has 0 aromatic heterocycles. The van der Waals surface area contributed by atoms with Crippen LogP contribution in [0.25, 0.3) is 0 Å². The van der Waals surface area contributed by atoms with Crippen LogP contribution in [0.2, 0.25) is 0 Å². The lowest BCUT2D eigenvalue weighted by atomic mass is 10.1. The van der Waals surface area contributed by atoms with Gasteiger partial charge >= 0.3 is 0 Å². The average Bonchev–Trinajstić information content (AvgIpc) is 2.82. The van der Waals surface area contributed by atoms with Crippen molar-refractivity contribution in [1.82, 2.24) is 10.2 Å². The fourth-order valence-corrected chi connectivity index (χ4v) is 4.63. The lowest BCUT2D eigenvalue weighted by Crippen LogP contribution is -2.53. The molecule has 0 heterocycles. The second kappa shape index (κ2) is 12.6. The molecule has 0 bridgehead atoms. The van der Waals surface area contributed by atoms with E-state index in [1.807, 2.05) is 52.0 Å². The summed E-state index contributed by atoms with van der Waals surface area (Å²) < 4.78 is 37.2. The maximum absolute atomic E-state index is 13.7. The van der Waals surface area contributed by atoms with Crippen LogP contribution in [-0.2, 0) is 26.2 Å². The van der Waals surface area contributed by atoms with E-state index in [0.717, 1.165) is 21.7 Å². The predicted octanol–water partition coefficient (Wildman–Crippen LogP) is 3.11. The van der Waals surface area contributed by atoms with Crippen LogP contribution in [0.5, 0.6) is 11.5 Å². The highest BCUT2D eigenvalue weighted by Crippen LogP contribution is 2.33. The summed E-state index contributed by atoms with van der Waals surface area (Å²) in [6.07, 6.45) is 1.39. The van der Waals surface area contributed by atoms with E-state index in [-0.39, 0.29) is 29.9 Å². The minimum absolute atomic E-state index is 0.112. The summed E-state index contributed by atoms with van der Waals surface area (Å²) in [7, 11) is -0.986. The van der Waals surface area contributed by atoms with Gasteiger partial charge in [-0.2, -0.15) is 0 Å². The Morgan fingerprint density at radius 2 is 1.67 bits per heavy atom. The number of sulfonamides is 1. The van der Waals surface area contributed by atoms with Gasteiger partial charge in [-0.1, -0.05) is 36.8 Å². The number of carbonyl (C=O) groups is 2. The van der Waals surface area contributed by atoms with Gasteiger partial charge in [0.1, 0.15) is 24.1 Å². The molecule has 2 rings (SSSR count). The van der Waals surface area contributed by atoms with E-state index >= 15 is 0 Å². The SMILES string of the molecule is CC[C@@H](C(=O)NC(C)C)N(Cc1ccc(C)cc1)C(=O)CN(c1ccc(OC)cc1OC)S(C)(=O)=O. The van der Waals surface area contributed by atoms with E-state index < -0.39 is 28.5 Å². The number of hydrogen-bond donors (Lipinski definition) is 1. The Balaban J connectivity index is 2.50. The number of anilines is 1. The van der Waals surface area contributed by atoms with Crippen molar-refractivity contribution in [2.75, 3.05) is 31.3 Å². The van der Waals surface area contributed by atoms with Crippen LogP contribution in [0.3, 0.4) is 0 Å². The highest BCUT2D eigenvalue weighted by Gasteiger charge is 2.32. The van der Waals surface area contributed by atoms with Gasteiger partial charge in [0.2, 0.25) is 21.8 Å². The zero-order valence-corrected chi connectivity index (χ0v) is 22.9. The lowest BCUT2D eigenvalue weighted by molar-refractivity contribution is -0.140. The Labute approximate surface area is 214 Å². The first-order valence-electron chi connectivity index (χ1n) is 11.8. The van der Waals surface area contributed by atoms with Crippen molar-refractivity contribution < 1.29 is 27.5 Å². The molecular formula is C26H37N3O6S. The third kappa shape index (κ3) is 7.61. The molecule has 9 nitrogen and oxygen atoms in total. The fourth-order valence-electron chi connectivity index (χ4n) is 3.78. The third-order valence-corrected chi connectivity index (χ3v) is 6.75. The van der Waals surface area contributed by atoms with Crippen LogP contribution in [0.4, 0.5) is 5.69 Å². The number of carbonyl (C=O) groups excluding carboxylic acids is 2. The maximum Gasteiger partial charge on any atom is 0.244 e. The summed E-state index contributed by atoms with van der Waals surface area (Å²) in [5.41, 5.74) is 2.10. The number of benzene rings is 2. The molecule has 1 N–H and O–H groups in total. The molecule has 2 aromatic rings. The van der Waals surface area contributed by atoms with Gasteiger partial charge in [0, 0.05) is 18.7 Å². The van der Waals surface area contributed by atoms with Crippen molar-refractivity contribution >= 4 is 27.5 Å². The van der Waals surface area contributed by atoms with Crippen molar-refractivity contribution in [2.24, 2.45) is 0 Å². The normalized spacial score (nSPS) is 12.1. The van der Waals surface area contributed by atoms with Crippen molar-refractivity contribution in [1.29, 1.82) is 0 Å². The summed E-state index contributed by atoms with van der Waals surface area (Å²) in [6.45, 7) is 7.13. The topological polar surface area (TPSA) is 105 Å². The predicted molar refractivity (Wildman–Crippen MR) is 141 cm³/mol. The lowest BCUT2D eigenvalue weighted by Gasteiger charge is -2.33. The zero-order chi connectivity index (χ0) is 27.0. The second-order valence-electron chi connectivity index (χ2n) is 8.90. The smallest absolute Gasteiger partial charge is 0.244 e. The summed E-state index contributed by atoms with van der Waals surface area (Å²) >= 11 is 0. The molecule has 0 aliphatic rings. The molecule has 198 valence electrons. The van der Waals surface area contributed by atoms with Crippen LogP contribution < -0.4 is 19.1 Å². The molecule has 2 amide bonds. The molecule has 0 aliphatic carbocycles. The molecule has 0 unspecified atom stereocenters. The molecule has 1 atom stereocenters. The number of nitrogens with zero attached hydrogens (tertiary/aromatic N) is 2. The van der Waals surface area contributed by atoms with Crippen LogP contribution in [-0.4, -0.2) is 64.2 Å². The van der Waals surface area contributed by atoms with E-state index in [1.54, 1.807) is 12.1 Å². The first-order chi connectivity index (χ1) is 16.9. The first kappa shape index (κ1) is 29.0. The minimum atomic E-state index is -3.88. The highest BCUT2D eigenvalue weighted by molar-refractivity contribution is 7.92. The van der Waals surface area contributed by atoms with E-state index in [9.17, 15) is 18.0 Å². The largest absolute Gasteiger partial charge is 0.497 e. The third-order valence-electron chi connectivity index (χ3n) is 5.63. The van der Waals surface area contributed by atoms with Crippen molar-refractivity contribution in [2.45, 2.75) is 52.7 Å². The number of rotatable bonds is 12. The van der Waals surface area contributed by atoms with Crippen LogP contribution >= 0.6 is 0 Å². The van der Waals surface area contributed by atoms with Gasteiger partial charge in [0.15, 0.2) is 0 Å². The van der Waals surface area contributed by atoms with Gasteiger partial charge in [-0.05, 0) is 44.9 Å². The number of nitrogens with one attached hydrogen (secondary N) is 1. The van der Waals surface area contributed by atoms with Crippen LogP contribution in [0.1, 0.15) is 38.3 Å². The van der Waals surface area contributed by atoms with E-state index in [0.29, 0.717) is 12.2 Å². The minimum Gasteiger partial charge on any atom is -0.497 e. The van der Waals surface area contributed by atoms with E-state index in [2.05, 4.69) is 5.32 Å². The molecule has 0 spiro atoms. The van der Waals surface area contributed by atoms with Crippen molar-refractivity contribution in [3.8, 4) is 11.5 Å². The number of methoxy groups -OCH3 is 2. The van der Waals surface area contributed by atoms with Crippen molar-refractivity contribution in [3.63, 3.8) is 0 Å². The van der Waals surface area contributed by atoms with Crippen LogP contribution in [0, 0.1) is 6.92 Å². The van der Waals surface area contributed by atoms with Gasteiger partial charge in [0.05, 0.1) is 26.2 Å². The summed E-state index contributed by atoms with van der Waals surface area (Å²) in [5, 5.41) is 2.87. The number of ether oxygens (including phenoxy) is 2. The Hall–Kier alpha value is -3.27. The number of aryl methyl sites for hydroxylation is 1. The average molecular weight is 520 g/mol. The molecule has 10 heteroatoms. The summed E-state index contributed by atoms with van der Waals surface area (Å²) in [6, 6.07) is 11.4. The van der Waals surface area contributed by atoms with E-state index in [1.165, 1.54) is 25.2 Å². The number of amides is 2. The molecule has 0 saturated heterocycles. The van der Waals surface area contributed by atoms with E-state index in [4.69, 9.17) is 9.47 Å². The Morgan fingerprint density at radius 3 is 2.17 bits per heavy atom.